The maximum absolute atomic E-state index is 13.0. The summed E-state index contributed by atoms with van der Waals surface area (Å²) in [6.07, 6.45) is 0.188. The number of rotatable bonds is 10. The highest BCUT2D eigenvalue weighted by molar-refractivity contribution is 7.55. The number of methoxy groups -OCH3 is 1. The molecule has 0 aliphatic carbocycles. The molecule has 1 unspecified atom stereocenters. The van der Waals surface area contributed by atoms with E-state index in [1.54, 1.807) is 40.0 Å². The molecule has 0 aliphatic heterocycles. The Morgan fingerprint density at radius 3 is 2.30 bits per heavy atom. The lowest BCUT2D eigenvalue weighted by molar-refractivity contribution is -0.143. The molecule has 0 aliphatic rings. The monoisotopic (exact) mass is 344 g/mol. The molecule has 1 atom stereocenters. The van der Waals surface area contributed by atoms with Gasteiger partial charge in [-0.2, -0.15) is 0 Å². The Labute approximate surface area is 137 Å². The van der Waals surface area contributed by atoms with Crippen LogP contribution in [0.3, 0.4) is 0 Å². The van der Waals surface area contributed by atoms with Crippen molar-refractivity contribution in [3.05, 3.63) is 29.8 Å². The molecule has 0 N–H and O–H groups in total. The minimum Gasteiger partial charge on any atom is -0.497 e. The van der Waals surface area contributed by atoms with Gasteiger partial charge in [-0.25, -0.2) is 0 Å². The lowest BCUT2D eigenvalue weighted by Gasteiger charge is -2.25. The second-order valence-electron chi connectivity index (χ2n) is 4.70. The molecule has 6 nitrogen and oxygen atoms in total. The summed E-state index contributed by atoms with van der Waals surface area (Å²) < 4.78 is 33.9. The predicted octanol–water partition coefficient (Wildman–Crippen LogP) is 3.44. The molecule has 0 aromatic heterocycles. The van der Waals surface area contributed by atoms with E-state index in [9.17, 15) is 9.36 Å². The fourth-order valence-electron chi connectivity index (χ4n) is 2.16. The van der Waals surface area contributed by atoms with Crippen LogP contribution in [-0.2, 0) is 29.6 Å². The lowest BCUT2D eigenvalue weighted by Crippen LogP contribution is -2.28. The first kappa shape index (κ1) is 19.7. The zero-order valence-corrected chi connectivity index (χ0v) is 15.0. The van der Waals surface area contributed by atoms with Crippen molar-refractivity contribution in [2.45, 2.75) is 32.9 Å². The summed E-state index contributed by atoms with van der Waals surface area (Å²) in [4.78, 5) is 12.3. The van der Waals surface area contributed by atoms with E-state index in [0.29, 0.717) is 5.75 Å². The van der Waals surface area contributed by atoms with Crippen molar-refractivity contribution >= 4 is 13.6 Å². The van der Waals surface area contributed by atoms with Gasteiger partial charge < -0.3 is 18.5 Å². The Hall–Kier alpha value is -1.36. The Morgan fingerprint density at radius 2 is 1.78 bits per heavy atom. The number of esters is 1. The molecule has 130 valence electrons. The summed E-state index contributed by atoms with van der Waals surface area (Å²) in [5.41, 5.74) is -0.212. The van der Waals surface area contributed by atoms with Gasteiger partial charge in [-0.05, 0) is 44.9 Å². The van der Waals surface area contributed by atoms with Crippen molar-refractivity contribution in [2.24, 2.45) is 0 Å². The SMILES string of the molecule is CCOC(=O)C(Cc1cccc(OC)c1)P(=O)(OCC)OCC. The van der Waals surface area contributed by atoms with Crippen LogP contribution in [-0.4, -0.2) is 38.6 Å². The average molecular weight is 344 g/mol. The van der Waals surface area contributed by atoms with Crippen LogP contribution >= 0.6 is 7.60 Å². The molecule has 1 aromatic rings. The van der Waals surface area contributed by atoms with Crippen molar-refractivity contribution in [1.82, 2.24) is 0 Å². The van der Waals surface area contributed by atoms with Crippen LogP contribution in [0.5, 0.6) is 5.75 Å². The molecule has 0 bridgehead atoms. The Kier molecular flexibility index (Phi) is 8.31. The number of carbonyl (C=O) groups excluding carboxylic acids is 1. The lowest BCUT2D eigenvalue weighted by atomic mass is 10.1. The number of ether oxygens (including phenoxy) is 2. The van der Waals surface area contributed by atoms with E-state index in [2.05, 4.69) is 0 Å². The van der Waals surface area contributed by atoms with Crippen LogP contribution < -0.4 is 4.74 Å². The van der Waals surface area contributed by atoms with Crippen molar-refractivity contribution < 1.29 is 27.9 Å². The van der Waals surface area contributed by atoms with Crippen molar-refractivity contribution in [3.8, 4) is 5.75 Å². The van der Waals surface area contributed by atoms with E-state index >= 15 is 0 Å². The minimum atomic E-state index is -3.62. The summed E-state index contributed by atoms with van der Waals surface area (Å²) in [7, 11) is -2.06. The molecule has 0 saturated carbocycles. The summed E-state index contributed by atoms with van der Waals surface area (Å²) in [6, 6.07) is 7.22. The van der Waals surface area contributed by atoms with Gasteiger partial charge in [0.25, 0.3) is 0 Å². The van der Waals surface area contributed by atoms with Crippen LogP contribution in [0, 0.1) is 0 Å². The van der Waals surface area contributed by atoms with Crippen molar-refractivity contribution in [3.63, 3.8) is 0 Å². The normalized spacial score (nSPS) is 12.7. The molecule has 0 radical (unpaired) electrons. The molecule has 0 fully saturated rings. The highest BCUT2D eigenvalue weighted by Gasteiger charge is 2.42. The zero-order valence-electron chi connectivity index (χ0n) is 14.1. The van der Waals surface area contributed by atoms with Crippen LogP contribution in [0.15, 0.2) is 24.3 Å². The van der Waals surface area contributed by atoms with Gasteiger partial charge >= 0.3 is 13.6 Å². The van der Waals surface area contributed by atoms with Gasteiger partial charge in [0.1, 0.15) is 5.75 Å². The van der Waals surface area contributed by atoms with E-state index in [1.807, 2.05) is 12.1 Å². The fourth-order valence-corrected chi connectivity index (χ4v) is 4.08. The first-order chi connectivity index (χ1) is 11.0. The molecule has 7 heteroatoms. The third kappa shape index (κ3) is 5.65. The molecule has 0 spiro atoms. The topological polar surface area (TPSA) is 71.1 Å². The van der Waals surface area contributed by atoms with E-state index in [-0.39, 0.29) is 26.2 Å². The standard InChI is InChI=1S/C16H25O6P/c1-5-20-16(17)15(23(18,21-6-2)22-7-3)12-13-9-8-10-14(11-13)19-4/h8-11,15H,5-7,12H2,1-4H3. The van der Waals surface area contributed by atoms with Gasteiger partial charge in [-0.3, -0.25) is 9.36 Å². The Morgan fingerprint density at radius 1 is 1.13 bits per heavy atom. The molecular weight excluding hydrogens is 319 g/mol. The van der Waals surface area contributed by atoms with E-state index in [1.165, 1.54) is 0 Å². The number of carbonyl (C=O) groups is 1. The highest BCUT2D eigenvalue weighted by atomic mass is 31.2. The third-order valence-corrected chi connectivity index (χ3v) is 5.51. The van der Waals surface area contributed by atoms with Gasteiger partial charge in [0.2, 0.25) is 0 Å². The number of benzene rings is 1. The van der Waals surface area contributed by atoms with Gasteiger partial charge in [-0.1, -0.05) is 12.1 Å². The average Bonchev–Trinajstić information content (AvgIpc) is 2.53. The first-order valence-electron chi connectivity index (χ1n) is 7.69. The highest BCUT2D eigenvalue weighted by Crippen LogP contribution is 2.54. The van der Waals surface area contributed by atoms with Crippen molar-refractivity contribution in [1.29, 1.82) is 0 Å². The van der Waals surface area contributed by atoms with Crippen LogP contribution in [0.4, 0.5) is 0 Å². The Balaban J connectivity index is 3.12. The molecule has 0 saturated heterocycles. The first-order valence-corrected chi connectivity index (χ1v) is 9.30. The van der Waals surface area contributed by atoms with E-state index in [0.717, 1.165) is 5.56 Å². The van der Waals surface area contributed by atoms with Crippen LogP contribution in [0.2, 0.25) is 0 Å². The summed E-state index contributed by atoms with van der Waals surface area (Å²) in [5, 5.41) is 0. The van der Waals surface area contributed by atoms with Gasteiger partial charge in [-0.15, -0.1) is 0 Å². The van der Waals surface area contributed by atoms with Gasteiger partial charge in [0, 0.05) is 0 Å². The summed E-state index contributed by atoms with van der Waals surface area (Å²) in [6.45, 7) is 5.69. The van der Waals surface area contributed by atoms with Crippen molar-refractivity contribution in [2.75, 3.05) is 26.9 Å². The van der Waals surface area contributed by atoms with E-state index < -0.39 is 19.2 Å². The molecule has 1 aromatic carbocycles. The molecule has 23 heavy (non-hydrogen) atoms. The zero-order chi connectivity index (χ0) is 17.3. The smallest absolute Gasteiger partial charge is 0.345 e. The molecular formula is C16H25O6P. The molecule has 0 amide bonds. The predicted molar refractivity (Wildman–Crippen MR) is 88.0 cm³/mol. The quantitative estimate of drug-likeness (QED) is 0.478. The fraction of sp³-hybridized carbons (Fsp3) is 0.562. The minimum absolute atomic E-state index is 0.186. The molecule has 0 heterocycles. The van der Waals surface area contributed by atoms with Crippen LogP contribution in [0.1, 0.15) is 26.3 Å². The maximum atomic E-state index is 13.0. The second kappa shape index (κ2) is 9.71. The third-order valence-electron chi connectivity index (χ3n) is 3.12. The summed E-state index contributed by atoms with van der Waals surface area (Å²) in [5.74, 6) is 0.0771. The summed E-state index contributed by atoms with van der Waals surface area (Å²) >= 11 is 0. The number of hydrogen-bond acceptors (Lipinski definition) is 6. The Bertz CT molecular complexity index is 535. The van der Waals surface area contributed by atoms with Crippen LogP contribution in [0.25, 0.3) is 0 Å². The number of hydrogen-bond donors (Lipinski definition) is 0. The van der Waals surface area contributed by atoms with E-state index in [4.69, 9.17) is 18.5 Å². The van der Waals surface area contributed by atoms with Gasteiger partial charge in [0.05, 0.1) is 26.9 Å². The van der Waals surface area contributed by atoms with Gasteiger partial charge in [0.15, 0.2) is 5.66 Å². The maximum Gasteiger partial charge on any atom is 0.345 e. The largest absolute Gasteiger partial charge is 0.497 e. The molecule has 1 rings (SSSR count). The second-order valence-corrected chi connectivity index (χ2v) is 6.92.